The summed E-state index contributed by atoms with van der Waals surface area (Å²) in [5.41, 5.74) is 16.4. The third-order valence-corrected chi connectivity index (χ3v) is 13.0. The van der Waals surface area contributed by atoms with Crippen LogP contribution in [0.5, 0.6) is 0 Å². The van der Waals surface area contributed by atoms with Crippen LogP contribution in [0.15, 0.2) is 246 Å². The second kappa shape index (κ2) is 14.7. The monoisotopic (exact) mass is 835 g/mol. The van der Waals surface area contributed by atoms with Gasteiger partial charge in [0.1, 0.15) is 16.7 Å². The van der Waals surface area contributed by atoms with Gasteiger partial charge in [0.25, 0.3) is 0 Å². The lowest BCUT2D eigenvalue weighted by molar-refractivity contribution is -0.858. The molecule has 6 nitrogen and oxygen atoms in total. The molecule has 0 atom stereocenters. The van der Waals surface area contributed by atoms with Crippen molar-refractivity contribution < 1.29 is 22.5 Å². The van der Waals surface area contributed by atoms with Gasteiger partial charge in [-0.05, 0) is 80.9 Å². The summed E-state index contributed by atoms with van der Waals surface area (Å²) in [6.45, 7) is 0. The van der Waals surface area contributed by atoms with E-state index in [4.69, 9.17) is 13.8 Å². The van der Waals surface area contributed by atoms with Crippen molar-refractivity contribution in [1.82, 2.24) is 4.98 Å². The molecule has 0 bridgehead atoms. The van der Waals surface area contributed by atoms with Crippen molar-refractivity contribution in [2.24, 2.45) is 0 Å². The van der Waals surface area contributed by atoms with Gasteiger partial charge in [-0.3, -0.25) is 0 Å². The van der Waals surface area contributed by atoms with Crippen molar-refractivity contribution in [3.8, 4) is 50.8 Å². The maximum atomic E-state index is 6.51. The van der Waals surface area contributed by atoms with Crippen LogP contribution in [0.2, 0.25) is 0 Å². The molecule has 65 heavy (non-hydrogen) atoms. The minimum atomic E-state index is -0.591. The van der Waals surface area contributed by atoms with Crippen LogP contribution in [0.1, 0.15) is 22.3 Å². The van der Waals surface area contributed by atoms with Crippen molar-refractivity contribution in [1.29, 1.82) is 0 Å². The van der Waals surface area contributed by atoms with Crippen LogP contribution in [0.3, 0.4) is 0 Å². The average Bonchev–Trinajstić information content (AvgIpc) is 4.07. The Morgan fingerprint density at radius 2 is 0.938 bits per heavy atom. The fraction of sp³-hybridized carbons (Fsp3) is 0.0169. The molecular formula is C59H39N4O2+3. The number of rotatable bonds is 7. The second-order valence-corrected chi connectivity index (χ2v) is 16.7. The van der Waals surface area contributed by atoms with Gasteiger partial charge in [0.05, 0.1) is 5.41 Å². The predicted molar refractivity (Wildman–Crippen MR) is 254 cm³/mol. The van der Waals surface area contributed by atoms with Crippen LogP contribution in [0, 0.1) is 0 Å². The van der Waals surface area contributed by atoms with E-state index in [0.717, 1.165) is 72.4 Å². The molecule has 3 aromatic heterocycles. The summed E-state index contributed by atoms with van der Waals surface area (Å²) >= 11 is 0. The second-order valence-electron chi connectivity index (χ2n) is 16.7. The molecule has 304 valence electrons. The van der Waals surface area contributed by atoms with Gasteiger partial charge in [-0.15, -0.1) is 0 Å². The minimum Gasteiger partial charge on any atom is -0.456 e. The molecule has 1 aliphatic carbocycles. The molecule has 0 radical (unpaired) electrons. The zero-order valence-corrected chi connectivity index (χ0v) is 35.1. The zero-order valence-electron chi connectivity index (χ0n) is 35.1. The van der Waals surface area contributed by atoms with Crippen LogP contribution in [-0.2, 0) is 5.41 Å². The number of para-hydroxylation sites is 2. The van der Waals surface area contributed by atoms with E-state index in [0.29, 0.717) is 5.89 Å². The highest BCUT2D eigenvalue weighted by molar-refractivity contribution is 6.05. The Morgan fingerprint density at radius 1 is 0.354 bits per heavy atom. The van der Waals surface area contributed by atoms with E-state index in [-0.39, 0.29) is 0 Å². The third-order valence-electron chi connectivity index (χ3n) is 13.0. The number of hydrogen-bond acceptors (Lipinski definition) is 3. The van der Waals surface area contributed by atoms with E-state index in [2.05, 4.69) is 203 Å². The Hall–Kier alpha value is -8.74. The van der Waals surface area contributed by atoms with Gasteiger partial charge in [-0.1, -0.05) is 159 Å². The van der Waals surface area contributed by atoms with Gasteiger partial charge >= 0.3 is 19.0 Å². The Kier molecular flexibility index (Phi) is 8.33. The summed E-state index contributed by atoms with van der Waals surface area (Å²) in [6.07, 6.45) is 6.39. The summed E-state index contributed by atoms with van der Waals surface area (Å²) in [4.78, 5) is 4.89. The predicted octanol–water partition coefficient (Wildman–Crippen LogP) is 12.3. The van der Waals surface area contributed by atoms with Crippen molar-refractivity contribution in [2.45, 2.75) is 5.41 Å². The molecule has 0 fully saturated rings. The highest BCUT2D eigenvalue weighted by atomic mass is 16.3. The molecule has 0 N–H and O–H groups in total. The fourth-order valence-corrected chi connectivity index (χ4v) is 10.0. The van der Waals surface area contributed by atoms with Gasteiger partial charge in [0, 0.05) is 52.7 Å². The molecule has 0 unspecified atom stereocenters. The maximum absolute atomic E-state index is 6.51. The molecule has 6 heteroatoms. The van der Waals surface area contributed by atoms with Gasteiger partial charge in [0.15, 0.2) is 5.58 Å². The number of nitrogens with zero attached hydrogens (tertiary/aromatic N) is 4. The first-order valence-corrected chi connectivity index (χ1v) is 21.9. The normalized spacial score (nSPS) is 12.7. The molecule has 0 aliphatic heterocycles. The number of oxazole rings is 1. The molecular weight excluding hydrogens is 797 g/mol. The number of fused-ring (bicyclic) bond motifs is 7. The van der Waals surface area contributed by atoms with Gasteiger partial charge in [0.2, 0.25) is 23.0 Å². The van der Waals surface area contributed by atoms with Crippen molar-refractivity contribution in [3.63, 3.8) is 0 Å². The SMILES string of the molecule is c1ccc(-c2nc3ccc(C4(c5ccc(-c6cccc(-[n+]7c[n+](-c8ccccc8)c[n+](-c8ccc9oc%10ccccc%10c9c8)c7)c6)cc5)c5ccccc5-c5ccccc54)cc3o2)cc1. The van der Waals surface area contributed by atoms with Crippen molar-refractivity contribution in [2.75, 3.05) is 0 Å². The van der Waals surface area contributed by atoms with Crippen LogP contribution < -0.4 is 13.7 Å². The van der Waals surface area contributed by atoms with E-state index in [9.17, 15) is 0 Å². The largest absolute Gasteiger partial charge is 0.456 e. The van der Waals surface area contributed by atoms with Crippen molar-refractivity contribution >= 4 is 33.0 Å². The number of benzene rings is 9. The standard InChI is InChI=1S/C59H39N4O2/c1-3-14-41(15-4-1)58-60-54-32-30-44(35-57(54)65-58)59(52-23-10-7-20-48(52)49-21-8-11-24-53(49)59)43-28-26-40(27-29-43)42-16-13-19-46(34-42)62-37-61(45-17-5-2-6-18-45)38-63(39-62)47-31-33-56-51(36-47)50-22-9-12-25-55(50)64-56/h1-39H/q+3. The lowest BCUT2D eigenvalue weighted by Crippen LogP contribution is -2.55. The number of hydrogen-bond donors (Lipinski definition) is 0. The van der Waals surface area contributed by atoms with Crippen LogP contribution in [0.25, 0.3) is 83.8 Å². The molecule has 0 spiro atoms. The van der Waals surface area contributed by atoms with E-state index in [1.807, 2.05) is 48.5 Å². The summed E-state index contributed by atoms with van der Waals surface area (Å²) in [5.74, 6) is 0.619. The first kappa shape index (κ1) is 36.9. The van der Waals surface area contributed by atoms with Crippen LogP contribution in [0.4, 0.5) is 0 Å². The zero-order chi connectivity index (χ0) is 42.9. The molecule has 0 saturated heterocycles. The average molecular weight is 836 g/mol. The number of aromatic nitrogens is 4. The Balaban J connectivity index is 0.923. The van der Waals surface area contributed by atoms with E-state index < -0.39 is 5.41 Å². The Bertz CT molecular complexity index is 3730. The molecule has 1 aliphatic rings. The van der Waals surface area contributed by atoms with Gasteiger partial charge < -0.3 is 8.83 Å². The Morgan fingerprint density at radius 3 is 1.69 bits per heavy atom. The van der Waals surface area contributed by atoms with E-state index in [1.54, 1.807) is 0 Å². The van der Waals surface area contributed by atoms with Crippen LogP contribution in [-0.4, -0.2) is 4.98 Å². The summed E-state index contributed by atoms with van der Waals surface area (Å²) in [6, 6.07) is 77.2. The molecule has 13 rings (SSSR count). The molecule has 9 aromatic carbocycles. The fourth-order valence-electron chi connectivity index (χ4n) is 10.0. The minimum absolute atomic E-state index is 0.591. The first-order valence-electron chi connectivity index (χ1n) is 21.9. The summed E-state index contributed by atoms with van der Waals surface area (Å²) < 4.78 is 19.2. The van der Waals surface area contributed by atoms with E-state index >= 15 is 0 Å². The third kappa shape index (κ3) is 5.95. The highest BCUT2D eigenvalue weighted by Crippen LogP contribution is 2.56. The summed E-state index contributed by atoms with van der Waals surface area (Å²) in [7, 11) is 0. The number of furan rings is 1. The summed E-state index contributed by atoms with van der Waals surface area (Å²) in [5, 5.41) is 2.18. The van der Waals surface area contributed by atoms with Gasteiger partial charge in [-0.25, -0.2) is 4.98 Å². The van der Waals surface area contributed by atoms with Crippen molar-refractivity contribution in [3.05, 3.63) is 260 Å². The first-order chi connectivity index (χ1) is 32.2. The highest BCUT2D eigenvalue weighted by Gasteiger charge is 2.46. The topological polar surface area (TPSA) is 50.8 Å². The molecule has 0 amide bonds. The van der Waals surface area contributed by atoms with Crippen LogP contribution >= 0.6 is 0 Å². The maximum Gasteiger partial charge on any atom is 0.428 e. The molecule has 0 saturated carbocycles. The quantitative estimate of drug-likeness (QED) is 0.150. The van der Waals surface area contributed by atoms with E-state index in [1.165, 1.54) is 27.8 Å². The van der Waals surface area contributed by atoms with Gasteiger partial charge in [-0.2, -0.15) is 0 Å². The Labute approximate surface area is 374 Å². The smallest absolute Gasteiger partial charge is 0.428 e. The molecule has 3 heterocycles. The lowest BCUT2D eigenvalue weighted by atomic mass is 9.67. The lowest BCUT2D eigenvalue weighted by Gasteiger charge is -2.34. The molecule has 12 aromatic rings.